The Balaban J connectivity index is 0.000000245. The van der Waals surface area contributed by atoms with Crippen LogP contribution in [0.5, 0.6) is 23.0 Å². The molecule has 0 bridgehead atoms. The van der Waals surface area contributed by atoms with E-state index in [0.29, 0.717) is 42.9 Å². The van der Waals surface area contributed by atoms with Gasteiger partial charge in [0.15, 0.2) is 34.6 Å². The van der Waals surface area contributed by atoms with Crippen molar-refractivity contribution in [2.24, 2.45) is 0 Å². The maximum absolute atomic E-state index is 11.6. The minimum atomic E-state index is 0.158. The van der Waals surface area contributed by atoms with Crippen LogP contribution in [0.3, 0.4) is 0 Å². The molecule has 284 valence electrons. The van der Waals surface area contributed by atoms with Gasteiger partial charge in [-0.25, -0.2) is 0 Å². The van der Waals surface area contributed by atoms with Crippen molar-refractivity contribution < 1.29 is 38.1 Å². The molecule has 0 fully saturated rings. The highest BCUT2D eigenvalue weighted by molar-refractivity contribution is 6.18. The van der Waals surface area contributed by atoms with Crippen molar-refractivity contribution in [2.75, 3.05) is 26.9 Å². The van der Waals surface area contributed by atoms with E-state index < -0.39 is 0 Å². The Morgan fingerprint density at radius 2 is 0.962 bits per heavy atom. The SMILES string of the molecule is CCCC(=O)c1ccc(OC)cc1.CCCC(=O)c1ccc2c(c1)OCO2.CCCCC(=O)c1ccc(OC)cc1.O=C(CCCCl)c1ccccc1. The number of ketones is 4. The second-order valence-corrected chi connectivity index (χ2v) is 12.4. The minimum Gasteiger partial charge on any atom is -0.497 e. The lowest BCUT2D eigenvalue weighted by atomic mass is 10.1. The molecule has 0 spiro atoms. The fourth-order valence-electron chi connectivity index (χ4n) is 4.84. The van der Waals surface area contributed by atoms with Crippen LogP contribution in [0.2, 0.25) is 0 Å². The van der Waals surface area contributed by atoms with E-state index in [-0.39, 0.29) is 29.9 Å². The first-order valence-corrected chi connectivity index (χ1v) is 18.7. The van der Waals surface area contributed by atoms with Crippen molar-refractivity contribution in [3.05, 3.63) is 119 Å². The average molecular weight is 745 g/mol. The zero-order valence-electron chi connectivity index (χ0n) is 31.7. The number of alkyl halides is 1. The predicted molar refractivity (Wildman–Crippen MR) is 212 cm³/mol. The van der Waals surface area contributed by atoms with E-state index in [4.69, 9.17) is 30.5 Å². The summed E-state index contributed by atoms with van der Waals surface area (Å²) in [5, 5.41) is 0. The number of hydrogen-bond acceptors (Lipinski definition) is 8. The number of unbranched alkanes of at least 4 members (excludes halogenated alkanes) is 1. The summed E-state index contributed by atoms with van der Waals surface area (Å²) in [5.74, 6) is 4.27. The molecule has 0 radical (unpaired) electrons. The Bertz CT molecular complexity index is 1670. The second kappa shape index (κ2) is 25.9. The number of carbonyl (C=O) groups excluding carboxylic acids is 4. The van der Waals surface area contributed by atoms with E-state index in [2.05, 4.69) is 6.92 Å². The van der Waals surface area contributed by atoms with Gasteiger partial charge in [0.25, 0.3) is 0 Å². The van der Waals surface area contributed by atoms with Gasteiger partial charge in [0, 0.05) is 53.8 Å². The smallest absolute Gasteiger partial charge is 0.231 e. The number of halogens is 1. The van der Waals surface area contributed by atoms with Crippen molar-refractivity contribution in [1.82, 2.24) is 0 Å². The third-order valence-electron chi connectivity index (χ3n) is 7.86. The minimum absolute atomic E-state index is 0.158. The molecule has 0 amide bonds. The summed E-state index contributed by atoms with van der Waals surface area (Å²) in [4.78, 5) is 45.9. The third kappa shape index (κ3) is 16.5. The van der Waals surface area contributed by atoms with Crippen LogP contribution in [0.25, 0.3) is 0 Å². The zero-order chi connectivity index (χ0) is 38.8. The van der Waals surface area contributed by atoms with Crippen LogP contribution < -0.4 is 18.9 Å². The first-order valence-electron chi connectivity index (χ1n) is 18.1. The number of Topliss-reactive ketones (excluding diaryl/α,β-unsaturated/α-hetero) is 4. The summed E-state index contributed by atoms with van der Waals surface area (Å²) in [5.41, 5.74) is 3.03. The van der Waals surface area contributed by atoms with Crippen molar-refractivity contribution >= 4 is 34.7 Å². The number of fused-ring (bicyclic) bond motifs is 1. The number of benzene rings is 4. The van der Waals surface area contributed by atoms with Crippen LogP contribution in [-0.2, 0) is 0 Å². The van der Waals surface area contributed by atoms with Crippen molar-refractivity contribution in [1.29, 1.82) is 0 Å². The Kier molecular flexibility index (Phi) is 21.6. The van der Waals surface area contributed by atoms with Crippen LogP contribution in [0.1, 0.15) is 120 Å². The molecule has 0 N–H and O–H groups in total. The van der Waals surface area contributed by atoms with E-state index in [1.54, 1.807) is 44.6 Å². The molecule has 0 saturated heterocycles. The highest BCUT2D eigenvalue weighted by atomic mass is 35.5. The summed E-state index contributed by atoms with van der Waals surface area (Å²) in [6, 6.07) is 29.1. The second-order valence-electron chi connectivity index (χ2n) is 12.0. The van der Waals surface area contributed by atoms with E-state index in [1.807, 2.05) is 80.6 Å². The first-order chi connectivity index (χ1) is 25.7. The normalized spacial score (nSPS) is 10.6. The maximum Gasteiger partial charge on any atom is 0.231 e. The van der Waals surface area contributed by atoms with E-state index in [0.717, 1.165) is 66.0 Å². The number of rotatable bonds is 16. The van der Waals surface area contributed by atoms with Gasteiger partial charge < -0.3 is 18.9 Å². The Morgan fingerprint density at radius 3 is 1.43 bits per heavy atom. The molecular formula is C44H53ClO8. The van der Waals surface area contributed by atoms with Crippen molar-refractivity contribution in [3.63, 3.8) is 0 Å². The molecule has 0 unspecified atom stereocenters. The molecule has 53 heavy (non-hydrogen) atoms. The number of carbonyl (C=O) groups is 4. The number of hydrogen-bond donors (Lipinski definition) is 0. The van der Waals surface area contributed by atoms with Crippen molar-refractivity contribution in [2.45, 2.75) is 78.6 Å². The van der Waals surface area contributed by atoms with Crippen LogP contribution in [-0.4, -0.2) is 50.0 Å². The van der Waals surface area contributed by atoms with Gasteiger partial charge in [-0.1, -0.05) is 57.5 Å². The molecule has 1 aliphatic heterocycles. The number of ether oxygens (including phenoxy) is 4. The van der Waals surface area contributed by atoms with Gasteiger partial charge >= 0.3 is 0 Å². The van der Waals surface area contributed by atoms with Gasteiger partial charge in [0.1, 0.15) is 11.5 Å². The quantitative estimate of drug-likeness (QED) is 0.0824. The molecule has 5 rings (SSSR count). The Hall–Kier alpha value is -4.95. The molecule has 1 heterocycles. The Morgan fingerprint density at radius 1 is 0.528 bits per heavy atom. The van der Waals surface area contributed by atoms with Crippen LogP contribution in [0.15, 0.2) is 97.1 Å². The van der Waals surface area contributed by atoms with E-state index >= 15 is 0 Å². The van der Waals surface area contributed by atoms with Crippen LogP contribution in [0, 0.1) is 0 Å². The lowest BCUT2D eigenvalue weighted by molar-refractivity contribution is 0.0972. The van der Waals surface area contributed by atoms with Gasteiger partial charge in [-0.2, -0.15) is 0 Å². The number of methoxy groups -OCH3 is 2. The van der Waals surface area contributed by atoms with Gasteiger partial charge in [-0.05, 0) is 92.4 Å². The molecule has 9 heteroatoms. The van der Waals surface area contributed by atoms with Crippen LogP contribution in [0.4, 0.5) is 0 Å². The van der Waals surface area contributed by atoms with Gasteiger partial charge in [-0.3, -0.25) is 19.2 Å². The highest BCUT2D eigenvalue weighted by Crippen LogP contribution is 2.32. The topological polar surface area (TPSA) is 105 Å². The fraction of sp³-hybridized carbons (Fsp3) is 0.364. The molecular weight excluding hydrogens is 692 g/mol. The molecule has 4 aromatic rings. The lowest BCUT2D eigenvalue weighted by Crippen LogP contribution is -1.98. The summed E-state index contributed by atoms with van der Waals surface area (Å²) < 4.78 is 20.4. The predicted octanol–water partition coefficient (Wildman–Crippen LogP) is 11.0. The molecule has 4 aromatic carbocycles. The molecule has 0 atom stereocenters. The Labute approximate surface area is 319 Å². The summed E-state index contributed by atoms with van der Waals surface area (Å²) in [7, 11) is 3.23. The van der Waals surface area contributed by atoms with Crippen molar-refractivity contribution in [3.8, 4) is 23.0 Å². The highest BCUT2D eigenvalue weighted by Gasteiger charge is 2.15. The van der Waals surface area contributed by atoms with Gasteiger partial charge in [0.05, 0.1) is 14.2 Å². The van der Waals surface area contributed by atoms with E-state index in [1.165, 1.54) is 0 Å². The monoisotopic (exact) mass is 744 g/mol. The van der Waals surface area contributed by atoms with E-state index in [9.17, 15) is 19.2 Å². The zero-order valence-corrected chi connectivity index (χ0v) is 32.4. The maximum atomic E-state index is 11.6. The molecule has 0 saturated carbocycles. The fourth-order valence-corrected chi connectivity index (χ4v) is 4.98. The lowest BCUT2D eigenvalue weighted by Gasteiger charge is -2.02. The molecule has 0 aromatic heterocycles. The van der Waals surface area contributed by atoms with Crippen LogP contribution >= 0.6 is 11.6 Å². The van der Waals surface area contributed by atoms with Gasteiger partial charge in [0.2, 0.25) is 6.79 Å². The average Bonchev–Trinajstić information content (AvgIpc) is 3.69. The van der Waals surface area contributed by atoms with Gasteiger partial charge in [-0.15, -0.1) is 11.6 Å². The largest absolute Gasteiger partial charge is 0.497 e. The summed E-state index contributed by atoms with van der Waals surface area (Å²) >= 11 is 5.48. The molecule has 1 aliphatic rings. The summed E-state index contributed by atoms with van der Waals surface area (Å²) in [6.07, 6.45) is 6.93. The summed E-state index contributed by atoms with van der Waals surface area (Å²) in [6.45, 7) is 6.33. The molecule has 0 aliphatic carbocycles. The molecule has 8 nitrogen and oxygen atoms in total. The first kappa shape index (κ1) is 44.2. The standard InChI is InChI=1S/C12H16O2.C11H12O3.C11H14O2.C10H11ClO/c1-3-4-5-12(13)10-6-8-11(14-2)9-7-10;1-2-3-9(12)8-4-5-10-11(6-8)14-7-13-10;1-3-4-11(12)9-5-7-10(13-2)8-6-9;11-8-4-7-10(12)9-5-2-1-3-6-9/h6-9H,3-5H2,1-2H3;4-6H,2-3,7H2,1H3;5-8H,3-4H2,1-2H3;1-3,5-6H,4,7-8H2. The third-order valence-corrected chi connectivity index (χ3v) is 8.13.